The lowest BCUT2D eigenvalue weighted by Gasteiger charge is -2.13. The highest BCUT2D eigenvalue weighted by atomic mass is 16.4. The largest absolute Gasteiger partial charge is 0.481 e. The van der Waals surface area contributed by atoms with Gasteiger partial charge in [-0.3, -0.25) is 4.79 Å². The minimum Gasteiger partial charge on any atom is -0.481 e. The predicted octanol–water partition coefficient (Wildman–Crippen LogP) is 2.44. The maximum atomic E-state index is 11.1. The Morgan fingerprint density at radius 2 is 2.19 bits per heavy atom. The minimum atomic E-state index is -0.635. The second kappa shape index (κ2) is 2.57. The quantitative estimate of drug-likeness (QED) is 0.776. The molecule has 3 aliphatic carbocycles. The molecule has 1 aromatic rings. The third-order valence-corrected chi connectivity index (χ3v) is 4.28. The lowest BCUT2D eigenvalue weighted by atomic mass is 9.91. The average Bonchev–Trinajstić information content (AvgIpc) is 2.86. The highest BCUT2D eigenvalue weighted by Gasteiger charge is 2.57. The number of hydrogen-bond acceptors (Lipinski definition) is 1. The van der Waals surface area contributed by atoms with Crippen molar-refractivity contribution < 1.29 is 9.90 Å². The zero-order valence-electron chi connectivity index (χ0n) is 8.81. The first-order valence-electron chi connectivity index (χ1n) is 5.83. The smallest absolute Gasteiger partial charge is 0.307 e. The highest BCUT2D eigenvalue weighted by molar-refractivity contribution is 5.85. The van der Waals surface area contributed by atoms with Crippen LogP contribution in [0.15, 0.2) is 24.3 Å². The summed E-state index contributed by atoms with van der Waals surface area (Å²) in [5.74, 6) is -0.267. The topological polar surface area (TPSA) is 37.3 Å². The van der Waals surface area contributed by atoms with Crippen LogP contribution in [0.2, 0.25) is 0 Å². The molecule has 0 aliphatic heterocycles. The number of benzene rings is 1. The summed E-state index contributed by atoms with van der Waals surface area (Å²) in [6.07, 6.45) is 4.45. The second-order valence-electron chi connectivity index (χ2n) is 5.04. The Bertz CT molecular complexity index is 542. The number of fused-ring (bicyclic) bond motifs is 2. The Morgan fingerprint density at radius 3 is 3.00 bits per heavy atom. The first-order chi connectivity index (χ1) is 7.77. The molecule has 0 amide bonds. The lowest BCUT2D eigenvalue weighted by molar-refractivity contribution is -0.138. The van der Waals surface area contributed by atoms with E-state index in [0.717, 1.165) is 12.8 Å². The maximum Gasteiger partial charge on any atom is 0.307 e. The first kappa shape index (κ1) is 8.57. The van der Waals surface area contributed by atoms with E-state index >= 15 is 0 Å². The van der Waals surface area contributed by atoms with Gasteiger partial charge < -0.3 is 5.11 Å². The molecule has 0 unspecified atom stereocenters. The summed E-state index contributed by atoms with van der Waals surface area (Å²) in [5.41, 5.74) is 5.49. The van der Waals surface area contributed by atoms with Crippen molar-refractivity contribution in [2.24, 2.45) is 11.8 Å². The van der Waals surface area contributed by atoms with E-state index in [9.17, 15) is 4.79 Å². The van der Waals surface area contributed by atoms with E-state index in [2.05, 4.69) is 24.3 Å². The first-order valence-corrected chi connectivity index (χ1v) is 5.83. The fraction of sp³-hybridized carbons (Fsp3) is 0.357. The summed E-state index contributed by atoms with van der Waals surface area (Å²) < 4.78 is 0. The molecule has 1 saturated carbocycles. The van der Waals surface area contributed by atoms with Crippen molar-refractivity contribution in [3.8, 4) is 0 Å². The molecule has 0 aromatic heterocycles. The van der Waals surface area contributed by atoms with Crippen molar-refractivity contribution in [2.45, 2.75) is 18.8 Å². The van der Waals surface area contributed by atoms with Crippen LogP contribution in [0.5, 0.6) is 0 Å². The molecule has 0 bridgehead atoms. The van der Waals surface area contributed by atoms with E-state index in [-0.39, 0.29) is 17.8 Å². The number of allylic oxidation sites excluding steroid dienone is 2. The standard InChI is InChI=1S/C14H12O2/c15-14(16)13-10-6-8-5-4-7-2-1-3-9(11(7)8)12(10)13/h1-3,6,10,12-13H,4-5H2,(H,15,16)/t10-,12+,13-/m0/s1. The summed E-state index contributed by atoms with van der Waals surface area (Å²) in [4.78, 5) is 11.1. The fourth-order valence-corrected chi connectivity index (χ4v) is 3.55. The molecule has 0 heterocycles. The zero-order valence-corrected chi connectivity index (χ0v) is 8.81. The number of rotatable bonds is 1. The molecule has 0 saturated heterocycles. The molecule has 1 aromatic carbocycles. The molecule has 1 N–H and O–H groups in total. The van der Waals surface area contributed by atoms with Crippen molar-refractivity contribution >= 4 is 11.5 Å². The molecule has 2 heteroatoms. The van der Waals surface area contributed by atoms with Gasteiger partial charge >= 0.3 is 5.97 Å². The van der Waals surface area contributed by atoms with Gasteiger partial charge in [0.15, 0.2) is 0 Å². The molecule has 3 aliphatic rings. The van der Waals surface area contributed by atoms with Gasteiger partial charge in [-0.1, -0.05) is 24.3 Å². The summed E-state index contributed by atoms with van der Waals surface area (Å²) in [6, 6.07) is 6.38. The van der Waals surface area contributed by atoms with Crippen LogP contribution in [0.1, 0.15) is 29.0 Å². The van der Waals surface area contributed by atoms with Crippen molar-refractivity contribution in [2.75, 3.05) is 0 Å². The van der Waals surface area contributed by atoms with E-state index < -0.39 is 5.97 Å². The van der Waals surface area contributed by atoms with Gasteiger partial charge in [0, 0.05) is 5.92 Å². The molecule has 80 valence electrons. The van der Waals surface area contributed by atoms with Crippen LogP contribution in [0.25, 0.3) is 5.57 Å². The number of aliphatic carboxylic acids is 1. The van der Waals surface area contributed by atoms with Crippen LogP contribution in [0.4, 0.5) is 0 Å². The van der Waals surface area contributed by atoms with Crippen molar-refractivity contribution in [1.29, 1.82) is 0 Å². The van der Waals surface area contributed by atoms with Crippen LogP contribution in [-0.2, 0) is 11.2 Å². The number of hydrogen-bond donors (Lipinski definition) is 1. The Kier molecular flexibility index (Phi) is 1.37. The summed E-state index contributed by atoms with van der Waals surface area (Å²) >= 11 is 0. The molecule has 1 fully saturated rings. The maximum absolute atomic E-state index is 11.1. The van der Waals surface area contributed by atoms with Gasteiger partial charge in [-0.15, -0.1) is 0 Å². The molecule has 3 atom stereocenters. The molecule has 4 rings (SSSR count). The van der Waals surface area contributed by atoms with Crippen LogP contribution in [0, 0.1) is 11.8 Å². The third kappa shape index (κ3) is 0.861. The van der Waals surface area contributed by atoms with Gasteiger partial charge in [0.25, 0.3) is 0 Å². The van der Waals surface area contributed by atoms with Gasteiger partial charge in [-0.25, -0.2) is 0 Å². The molecule has 2 nitrogen and oxygen atoms in total. The lowest BCUT2D eigenvalue weighted by Crippen LogP contribution is -2.00. The fourth-order valence-electron chi connectivity index (χ4n) is 3.55. The third-order valence-electron chi connectivity index (χ3n) is 4.28. The van der Waals surface area contributed by atoms with Gasteiger partial charge in [-0.2, -0.15) is 0 Å². The van der Waals surface area contributed by atoms with E-state index in [1.165, 1.54) is 22.3 Å². The Balaban J connectivity index is 1.93. The monoisotopic (exact) mass is 212 g/mol. The zero-order chi connectivity index (χ0) is 10.9. The normalized spacial score (nSPS) is 32.8. The molecule has 0 spiro atoms. The summed E-state index contributed by atoms with van der Waals surface area (Å²) in [7, 11) is 0. The minimum absolute atomic E-state index is 0.162. The van der Waals surface area contributed by atoms with Gasteiger partial charge in [-0.05, 0) is 41.0 Å². The second-order valence-corrected chi connectivity index (χ2v) is 5.04. The average molecular weight is 212 g/mol. The Morgan fingerprint density at radius 1 is 1.31 bits per heavy atom. The Hall–Kier alpha value is -1.57. The van der Waals surface area contributed by atoms with E-state index in [1.807, 2.05) is 0 Å². The Labute approximate surface area is 93.6 Å². The van der Waals surface area contributed by atoms with Crippen LogP contribution >= 0.6 is 0 Å². The van der Waals surface area contributed by atoms with Gasteiger partial charge in [0.1, 0.15) is 0 Å². The predicted molar refractivity (Wildman–Crippen MR) is 60.1 cm³/mol. The molecule has 16 heavy (non-hydrogen) atoms. The van der Waals surface area contributed by atoms with Crippen LogP contribution < -0.4 is 0 Å². The number of aryl methyl sites for hydroxylation is 1. The molecular weight excluding hydrogens is 200 g/mol. The van der Waals surface area contributed by atoms with Crippen molar-refractivity contribution in [1.82, 2.24) is 0 Å². The van der Waals surface area contributed by atoms with E-state index in [1.54, 1.807) is 0 Å². The van der Waals surface area contributed by atoms with Gasteiger partial charge in [0.2, 0.25) is 0 Å². The van der Waals surface area contributed by atoms with Gasteiger partial charge in [0.05, 0.1) is 5.92 Å². The summed E-state index contributed by atoms with van der Waals surface area (Å²) in [6.45, 7) is 0. The number of carboxylic acids is 1. The molecular formula is C14H12O2. The number of carbonyl (C=O) groups is 1. The highest BCUT2D eigenvalue weighted by Crippen LogP contribution is 2.61. The van der Waals surface area contributed by atoms with Crippen molar-refractivity contribution in [3.63, 3.8) is 0 Å². The van der Waals surface area contributed by atoms with E-state index in [0.29, 0.717) is 0 Å². The SMILES string of the molecule is O=C(O)[C@H]1[C@H]2C=C3CCc4cccc(c43)[C@H]21. The van der Waals surface area contributed by atoms with Crippen LogP contribution in [0.3, 0.4) is 0 Å². The van der Waals surface area contributed by atoms with Crippen LogP contribution in [-0.4, -0.2) is 11.1 Å². The summed E-state index contributed by atoms with van der Waals surface area (Å²) in [5, 5.41) is 9.15. The number of carboxylic acid groups (broad SMARTS) is 1. The molecule has 0 radical (unpaired) electrons. The van der Waals surface area contributed by atoms with E-state index in [4.69, 9.17) is 5.11 Å². The van der Waals surface area contributed by atoms with Crippen molar-refractivity contribution in [3.05, 3.63) is 41.0 Å².